The van der Waals surface area contributed by atoms with Gasteiger partial charge >= 0.3 is 6.11 Å². The monoisotopic (exact) mass is 510 g/mol. The quantitative estimate of drug-likeness (QED) is 0.201. The van der Waals surface area contributed by atoms with E-state index in [1.807, 2.05) is 12.1 Å². The zero-order valence-corrected chi connectivity index (χ0v) is 20.6. The topological polar surface area (TPSA) is 56.8 Å². The first-order chi connectivity index (χ1) is 18.4. The van der Waals surface area contributed by atoms with Gasteiger partial charge in [0.1, 0.15) is 11.6 Å². The highest BCUT2D eigenvalue weighted by molar-refractivity contribution is 5.66. The van der Waals surface area contributed by atoms with E-state index in [2.05, 4.69) is 6.07 Å². The van der Waals surface area contributed by atoms with E-state index in [1.54, 1.807) is 66.7 Å². The number of hydrogen-bond acceptors (Lipinski definition) is 3. The second kappa shape index (κ2) is 12.1. The van der Waals surface area contributed by atoms with Crippen LogP contribution in [0.15, 0.2) is 91.0 Å². The van der Waals surface area contributed by atoms with E-state index in [4.69, 9.17) is 15.3 Å². The highest BCUT2D eigenvalue weighted by Gasteiger charge is 2.30. The van der Waals surface area contributed by atoms with E-state index < -0.39 is 12.5 Å². The Morgan fingerprint density at radius 1 is 0.658 bits per heavy atom. The maximum absolute atomic E-state index is 14.6. The molecule has 0 aromatic heterocycles. The Balaban J connectivity index is 1.22. The van der Waals surface area contributed by atoms with Crippen molar-refractivity contribution in [2.24, 2.45) is 0 Å². The van der Waals surface area contributed by atoms with Gasteiger partial charge in [0.25, 0.3) is 0 Å². The fraction of sp³-hybridized carbons (Fsp3) is 0.188. The Morgan fingerprint density at radius 3 is 1.76 bits per heavy atom. The Kier molecular flexibility index (Phi) is 8.46. The average Bonchev–Trinajstić information content (AvgIpc) is 2.93. The third-order valence-electron chi connectivity index (χ3n) is 6.26. The van der Waals surface area contributed by atoms with Gasteiger partial charge in [-0.1, -0.05) is 55.0 Å². The van der Waals surface area contributed by atoms with Gasteiger partial charge in [-0.25, -0.2) is 4.39 Å². The molecule has 0 aliphatic rings. The molecule has 0 amide bonds. The minimum atomic E-state index is -3.29. The van der Waals surface area contributed by atoms with Crippen LogP contribution < -0.4 is 4.74 Å². The van der Waals surface area contributed by atoms with Crippen LogP contribution >= 0.6 is 0 Å². The van der Waals surface area contributed by atoms with Gasteiger partial charge in [-0.3, -0.25) is 0 Å². The summed E-state index contributed by atoms with van der Waals surface area (Å²) in [5.74, 6) is -0.262. The van der Waals surface area contributed by atoms with Gasteiger partial charge in [-0.2, -0.15) is 19.3 Å². The van der Waals surface area contributed by atoms with Crippen LogP contribution in [-0.2, 0) is 6.42 Å². The number of nitriles is 2. The van der Waals surface area contributed by atoms with E-state index in [1.165, 1.54) is 18.2 Å². The summed E-state index contributed by atoms with van der Waals surface area (Å²) in [5, 5.41) is 17.8. The van der Waals surface area contributed by atoms with Crippen molar-refractivity contribution in [2.45, 2.75) is 38.2 Å². The number of hydrogen-bond donors (Lipinski definition) is 0. The van der Waals surface area contributed by atoms with Crippen LogP contribution in [-0.4, -0.2) is 6.11 Å². The Labute approximate surface area is 220 Å². The number of benzene rings is 4. The standard InChI is InChI=1S/C32H25F3N2O/c33-31-20-23(9-18-30(31)28-12-7-25(22-37)8-13-28)4-2-1-3-19-32(34,35)38-29-16-14-27(15-17-29)26-10-5-24(21-36)6-11-26/h5-18,20H,1-4,19H2. The fourth-order valence-corrected chi connectivity index (χ4v) is 4.19. The maximum Gasteiger partial charge on any atom is 0.397 e. The van der Waals surface area contributed by atoms with Crippen molar-refractivity contribution in [3.05, 3.63) is 114 Å². The van der Waals surface area contributed by atoms with Gasteiger partial charge in [-0.15, -0.1) is 0 Å². The van der Waals surface area contributed by atoms with Crippen molar-refractivity contribution < 1.29 is 17.9 Å². The van der Waals surface area contributed by atoms with Gasteiger partial charge in [0.05, 0.1) is 29.7 Å². The van der Waals surface area contributed by atoms with Crippen LogP contribution in [0.25, 0.3) is 22.3 Å². The van der Waals surface area contributed by atoms with Gasteiger partial charge < -0.3 is 4.74 Å². The lowest BCUT2D eigenvalue weighted by atomic mass is 9.99. The zero-order chi connectivity index (χ0) is 27.0. The molecule has 0 aliphatic heterocycles. The summed E-state index contributed by atoms with van der Waals surface area (Å²) in [7, 11) is 0. The first kappa shape index (κ1) is 26.5. The number of rotatable bonds is 10. The van der Waals surface area contributed by atoms with Crippen molar-refractivity contribution in [3.63, 3.8) is 0 Å². The van der Waals surface area contributed by atoms with Crippen molar-refractivity contribution in [2.75, 3.05) is 0 Å². The second-order valence-electron chi connectivity index (χ2n) is 9.02. The van der Waals surface area contributed by atoms with Crippen LogP contribution in [0.3, 0.4) is 0 Å². The first-order valence-electron chi connectivity index (χ1n) is 12.3. The van der Waals surface area contributed by atoms with Crippen LogP contribution in [0.4, 0.5) is 13.2 Å². The van der Waals surface area contributed by atoms with E-state index in [-0.39, 0.29) is 18.0 Å². The summed E-state index contributed by atoms with van der Waals surface area (Å²) in [6.45, 7) is 0. The summed E-state index contributed by atoms with van der Waals surface area (Å²) in [4.78, 5) is 0. The van der Waals surface area contributed by atoms with E-state index in [0.29, 0.717) is 41.5 Å². The number of aryl methyl sites for hydroxylation is 1. The largest absolute Gasteiger partial charge is 0.433 e. The lowest BCUT2D eigenvalue weighted by molar-refractivity contribution is -0.181. The second-order valence-corrected chi connectivity index (χ2v) is 9.02. The van der Waals surface area contributed by atoms with Gasteiger partial charge in [0.15, 0.2) is 0 Å². The average molecular weight is 511 g/mol. The molecule has 0 bridgehead atoms. The molecule has 0 saturated carbocycles. The Morgan fingerprint density at radius 2 is 1.21 bits per heavy atom. The molecule has 6 heteroatoms. The molecule has 38 heavy (non-hydrogen) atoms. The van der Waals surface area contributed by atoms with Gasteiger partial charge in [0.2, 0.25) is 0 Å². The number of unbranched alkanes of at least 4 members (excludes halogenated alkanes) is 2. The van der Waals surface area contributed by atoms with Crippen LogP contribution in [0.5, 0.6) is 5.75 Å². The third-order valence-corrected chi connectivity index (χ3v) is 6.26. The molecule has 0 aliphatic carbocycles. The van der Waals surface area contributed by atoms with E-state index in [9.17, 15) is 13.2 Å². The van der Waals surface area contributed by atoms with Gasteiger partial charge in [0, 0.05) is 5.56 Å². The normalized spacial score (nSPS) is 11.0. The maximum atomic E-state index is 14.6. The molecule has 0 radical (unpaired) electrons. The highest BCUT2D eigenvalue weighted by Crippen LogP contribution is 2.30. The summed E-state index contributed by atoms with van der Waals surface area (Å²) < 4.78 is 48.3. The number of nitrogens with zero attached hydrogens (tertiary/aromatic N) is 2. The molecular weight excluding hydrogens is 485 g/mol. The Hall–Kier alpha value is -4.55. The predicted molar refractivity (Wildman–Crippen MR) is 141 cm³/mol. The zero-order valence-electron chi connectivity index (χ0n) is 20.6. The summed E-state index contributed by atoms with van der Waals surface area (Å²) in [5.41, 5.74) is 4.75. The number of ether oxygens (including phenoxy) is 1. The molecule has 4 aromatic rings. The molecule has 4 aromatic carbocycles. The molecule has 190 valence electrons. The molecule has 0 spiro atoms. The Bertz CT molecular complexity index is 1450. The van der Waals surface area contributed by atoms with Crippen molar-refractivity contribution in [1.29, 1.82) is 10.5 Å². The molecule has 4 rings (SSSR count). The molecular formula is C32H25F3N2O. The lowest BCUT2D eigenvalue weighted by Crippen LogP contribution is -2.24. The van der Waals surface area contributed by atoms with Crippen LogP contribution in [0.2, 0.25) is 0 Å². The van der Waals surface area contributed by atoms with Gasteiger partial charge in [-0.05, 0) is 84.0 Å². The summed E-state index contributed by atoms with van der Waals surface area (Å²) >= 11 is 0. The van der Waals surface area contributed by atoms with E-state index in [0.717, 1.165) is 16.7 Å². The molecule has 0 saturated heterocycles. The molecule has 0 unspecified atom stereocenters. The third kappa shape index (κ3) is 7.02. The number of halogens is 3. The fourth-order valence-electron chi connectivity index (χ4n) is 4.19. The molecule has 0 fully saturated rings. The predicted octanol–water partition coefficient (Wildman–Crippen LogP) is 8.68. The minimum Gasteiger partial charge on any atom is -0.433 e. The SMILES string of the molecule is N#Cc1ccc(-c2ccc(OC(F)(F)CCCCCc3ccc(-c4ccc(C#N)cc4)c(F)c3)cc2)cc1. The molecule has 0 N–H and O–H groups in total. The molecule has 0 atom stereocenters. The highest BCUT2D eigenvalue weighted by atomic mass is 19.3. The van der Waals surface area contributed by atoms with Crippen molar-refractivity contribution in [3.8, 4) is 40.1 Å². The minimum absolute atomic E-state index is 0.0882. The smallest absolute Gasteiger partial charge is 0.397 e. The summed E-state index contributed by atoms with van der Waals surface area (Å²) in [6.07, 6.45) is -1.60. The van der Waals surface area contributed by atoms with Crippen LogP contribution in [0.1, 0.15) is 42.4 Å². The van der Waals surface area contributed by atoms with E-state index >= 15 is 0 Å². The molecule has 3 nitrogen and oxygen atoms in total. The van der Waals surface area contributed by atoms with Crippen LogP contribution in [0, 0.1) is 28.5 Å². The summed E-state index contributed by atoms with van der Waals surface area (Å²) in [6, 6.07) is 29.3. The van der Waals surface area contributed by atoms with Crippen molar-refractivity contribution >= 4 is 0 Å². The molecule has 0 heterocycles. The first-order valence-corrected chi connectivity index (χ1v) is 12.3. The van der Waals surface area contributed by atoms with Crippen molar-refractivity contribution in [1.82, 2.24) is 0 Å². The lowest BCUT2D eigenvalue weighted by Gasteiger charge is -2.18. The number of alkyl halides is 2.